The number of nitrogens with zero attached hydrogens (tertiary/aromatic N) is 5. The van der Waals surface area contributed by atoms with Crippen molar-refractivity contribution in [2.24, 2.45) is 11.8 Å². The third-order valence-corrected chi connectivity index (χ3v) is 4.46. The van der Waals surface area contributed by atoms with Crippen LogP contribution in [0.1, 0.15) is 5.69 Å². The quantitative estimate of drug-likeness (QED) is 0.789. The molecule has 6 nitrogen and oxygen atoms in total. The third-order valence-electron chi connectivity index (χ3n) is 4.46. The molecule has 1 N–H and O–H groups in total. The minimum atomic E-state index is 0.195. The van der Waals surface area contributed by atoms with Gasteiger partial charge in [0.1, 0.15) is 17.6 Å². The second kappa shape index (κ2) is 8.25. The first-order chi connectivity index (χ1) is 11.0. The highest BCUT2D eigenvalue weighted by atomic mass is 16.3. The van der Waals surface area contributed by atoms with Crippen LogP contribution in [0.25, 0.3) is 0 Å². The zero-order valence-electron chi connectivity index (χ0n) is 14.3. The summed E-state index contributed by atoms with van der Waals surface area (Å²) in [6, 6.07) is 7.61. The van der Waals surface area contributed by atoms with Gasteiger partial charge in [-0.1, -0.05) is 6.07 Å². The summed E-state index contributed by atoms with van der Waals surface area (Å²) in [7, 11) is 6.29. The first kappa shape index (κ1) is 17.7. The van der Waals surface area contributed by atoms with Crippen LogP contribution in [-0.2, 0) is 0 Å². The predicted molar refractivity (Wildman–Crippen MR) is 91.3 cm³/mol. The Kier molecular flexibility index (Phi) is 6.34. The van der Waals surface area contributed by atoms with Crippen molar-refractivity contribution in [2.75, 3.05) is 65.4 Å². The average molecular weight is 317 g/mol. The number of pyridine rings is 1. The SMILES string of the molecule is CN(C)CCN(C)C[C@@H]1CN(c2cccc(C#N)n2)C[C@@H]1CO. The number of nitriles is 1. The topological polar surface area (TPSA) is 66.6 Å². The van der Waals surface area contributed by atoms with Gasteiger partial charge in [-0.25, -0.2) is 4.98 Å². The summed E-state index contributed by atoms with van der Waals surface area (Å²) >= 11 is 0. The molecule has 2 heterocycles. The molecule has 23 heavy (non-hydrogen) atoms. The number of hydrogen-bond acceptors (Lipinski definition) is 6. The fraction of sp³-hybridized carbons (Fsp3) is 0.647. The maximum Gasteiger partial charge on any atom is 0.142 e. The van der Waals surface area contributed by atoms with Crippen molar-refractivity contribution in [1.82, 2.24) is 14.8 Å². The molecule has 1 saturated heterocycles. The first-order valence-corrected chi connectivity index (χ1v) is 8.09. The molecule has 0 bridgehead atoms. The molecule has 1 aromatic heterocycles. The Hall–Kier alpha value is -1.68. The molecule has 0 radical (unpaired) electrons. The van der Waals surface area contributed by atoms with E-state index in [9.17, 15) is 5.11 Å². The van der Waals surface area contributed by atoms with Crippen LogP contribution < -0.4 is 4.90 Å². The van der Waals surface area contributed by atoms with Crippen molar-refractivity contribution in [1.29, 1.82) is 5.26 Å². The van der Waals surface area contributed by atoms with Crippen molar-refractivity contribution < 1.29 is 5.11 Å². The molecule has 0 saturated carbocycles. The lowest BCUT2D eigenvalue weighted by atomic mass is 9.96. The first-order valence-electron chi connectivity index (χ1n) is 8.09. The molecule has 0 aromatic carbocycles. The van der Waals surface area contributed by atoms with E-state index in [4.69, 9.17) is 5.26 Å². The van der Waals surface area contributed by atoms with E-state index in [1.54, 1.807) is 6.07 Å². The predicted octanol–water partition coefficient (Wildman–Crippen LogP) is 0.491. The Morgan fingerprint density at radius 3 is 2.65 bits per heavy atom. The molecule has 6 heteroatoms. The summed E-state index contributed by atoms with van der Waals surface area (Å²) < 4.78 is 0. The highest BCUT2D eigenvalue weighted by molar-refractivity contribution is 5.43. The molecule has 0 amide bonds. The zero-order valence-corrected chi connectivity index (χ0v) is 14.3. The molecule has 1 aliphatic heterocycles. The standard InChI is InChI=1S/C17H27N5O/c1-20(2)7-8-21(3)10-14-11-22(12-15(14)13-23)17-6-4-5-16(9-18)19-17/h4-6,14-15,23H,7-8,10-13H2,1-3H3/t14-,15-/m1/s1. The molecule has 1 aromatic rings. The molecule has 0 unspecified atom stereocenters. The van der Waals surface area contributed by atoms with Gasteiger partial charge >= 0.3 is 0 Å². The fourth-order valence-electron chi connectivity index (χ4n) is 3.06. The lowest BCUT2D eigenvalue weighted by Crippen LogP contribution is -2.35. The Labute approximate surface area is 138 Å². The number of likely N-dealkylation sites (N-methyl/N-ethyl adjacent to an activating group) is 2. The molecular weight excluding hydrogens is 290 g/mol. The van der Waals surface area contributed by atoms with Gasteiger partial charge in [0.25, 0.3) is 0 Å². The molecule has 0 aliphatic carbocycles. The second-order valence-corrected chi connectivity index (χ2v) is 6.67. The van der Waals surface area contributed by atoms with Crippen LogP contribution in [0.3, 0.4) is 0 Å². The van der Waals surface area contributed by atoms with Gasteiger partial charge in [0.05, 0.1) is 0 Å². The molecule has 0 spiro atoms. The van der Waals surface area contributed by atoms with Gasteiger partial charge < -0.3 is 19.8 Å². The van der Waals surface area contributed by atoms with Gasteiger partial charge in [0.2, 0.25) is 0 Å². The Morgan fingerprint density at radius 2 is 2.00 bits per heavy atom. The van der Waals surface area contributed by atoms with Crippen LogP contribution in [-0.4, -0.2) is 80.4 Å². The maximum atomic E-state index is 9.71. The smallest absolute Gasteiger partial charge is 0.142 e. The van der Waals surface area contributed by atoms with Gasteiger partial charge in [-0.2, -0.15) is 5.26 Å². The van der Waals surface area contributed by atoms with E-state index in [0.29, 0.717) is 11.6 Å². The van der Waals surface area contributed by atoms with Gasteiger partial charge in [-0.3, -0.25) is 0 Å². The Bertz CT molecular complexity index is 542. The highest BCUT2D eigenvalue weighted by Crippen LogP contribution is 2.27. The third kappa shape index (κ3) is 4.90. The molecule has 1 aliphatic rings. The van der Waals surface area contributed by atoms with Crippen molar-refractivity contribution >= 4 is 5.82 Å². The van der Waals surface area contributed by atoms with E-state index in [0.717, 1.165) is 38.5 Å². The maximum absolute atomic E-state index is 9.71. The Morgan fingerprint density at radius 1 is 1.26 bits per heavy atom. The van der Waals surface area contributed by atoms with Gasteiger partial charge in [-0.05, 0) is 39.2 Å². The molecular formula is C17H27N5O. The van der Waals surface area contributed by atoms with Crippen molar-refractivity contribution in [3.8, 4) is 6.07 Å². The lowest BCUT2D eigenvalue weighted by Gasteiger charge is -2.25. The van der Waals surface area contributed by atoms with Crippen molar-refractivity contribution in [3.63, 3.8) is 0 Å². The summed E-state index contributed by atoms with van der Waals surface area (Å²) in [5.74, 6) is 1.50. The van der Waals surface area contributed by atoms with E-state index in [1.807, 2.05) is 12.1 Å². The second-order valence-electron chi connectivity index (χ2n) is 6.67. The summed E-state index contributed by atoms with van der Waals surface area (Å²) in [6.45, 7) is 4.88. The minimum Gasteiger partial charge on any atom is -0.396 e. The van der Waals surface area contributed by atoms with Crippen molar-refractivity contribution in [3.05, 3.63) is 23.9 Å². The van der Waals surface area contributed by atoms with Crippen LogP contribution in [0.2, 0.25) is 0 Å². The fourth-order valence-corrected chi connectivity index (χ4v) is 3.06. The largest absolute Gasteiger partial charge is 0.396 e. The summed E-state index contributed by atoms with van der Waals surface area (Å²) in [5.41, 5.74) is 0.439. The molecule has 1 fully saturated rings. The van der Waals surface area contributed by atoms with E-state index >= 15 is 0 Å². The average Bonchev–Trinajstić information content (AvgIpc) is 2.96. The van der Waals surface area contributed by atoms with E-state index in [2.05, 4.69) is 46.9 Å². The van der Waals surface area contributed by atoms with Crippen molar-refractivity contribution in [2.45, 2.75) is 0 Å². The van der Waals surface area contributed by atoms with Crippen LogP contribution in [0.4, 0.5) is 5.82 Å². The molecule has 2 rings (SSSR count). The lowest BCUT2D eigenvalue weighted by molar-refractivity contribution is 0.171. The van der Waals surface area contributed by atoms with Gasteiger partial charge in [0, 0.05) is 45.2 Å². The minimum absolute atomic E-state index is 0.195. The van der Waals surface area contributed by atoms with E-state index < -0.39 is 0 Å². The summed E-state index contributed by atoms with van der Waals surface area (Å²) in [5, 5.41) is 18.7. The van der Waals surface area contributed by atoms with E-state index in [1.165, 1.54) is 0 Å². The van der Waals surface area contributed by atoms with Crippen LogP contribution >= 0.6 is 0 Å². The molecule has 2 atom stereocenters. The number of rotatable bonds is 7. The van der Waals surface area contributed by atoms with Gasteiger partial charge in [-0.15, -0.1) is 0 Å². The monoisotopic (exact) mass is 317 g/mol. The zero-order chi connectivity index (χ0) is 16.8. The number of aliphatic hydroxyl groups excluding tert-OH is 1. The number of anilines is 1. The Balaban J connectivity index is 1.98. The number of aliphatic hydroxyl groups is 1. The van der Waals surface area contributed by atoms with Gasteiger partial charge in [0.15, 0.2) is 0 Å². The molecule has 126 valence electrons. The number of aromatic nitrogens is 1. The summed E-state index contributed by atoms with van der Waals surface area (Å²) in [4.78, 5) is 11.1. The number of hydrogen-bond donors (Lipinski definition) is 1. The highest BCUT2D eigenvalue weighted by Gasteiger charge is 2.33. The van der Waals surface area contributed by atoms with Crippen LogP contribution in [0.15, 0.2) is 18.2 Å². The summed E-state index contributed by atoms with van der Waals surface area (Å²) in [6.07, 6.45) is 0. The van der Waals surface area contributed by atoms with Crippen LogP contribution in [0.5, 0.6) is 0 Å². The van der Waals surface area contributed by atoms with E-state index in [-0.39, 0.29) is 12.5 Å². The normalized spacial score (nSPS) is 21.2. The van der Waals surface area contributed by atoms with Crippen LogP contribution in [0, 0.1) is 23.2 Å².